The fourth-order valence-electron chi connectivity index (χ4n) is 1.91. The minimum absolute atomic E-state index is 0.682. The van der Waals surface area contributed by atoms with E-state index in [4.69, 9.17) is 11.6 Å². The zero-order valence-corrected chi connectivity index (χ0v) is 11.6. The molecule has 1 aromatic carbocycles. The van der Waals surface area contributed by atoms with Gasteiger partial charge in [-0.25, -0.2) is 0 Å². The molecule has 18 heavy (non-hydrogen) atoms. The van der Waals surface area contributed by atoms with Gasteiger partial charge in [0.25, 0.3) is 0 Å². The lowest BCUT2D eigenvalue weighted by Crippen LogP contribution is -2.26. The third kappa shape index (κ3) is 3.34. The van der Waals surface area contributed by atoms with Crippen LogP contribution in [0, 0.1) is 6.92 Å². The zero-order chi connectivity index (χ0) is 13.0. The summed E-state index contributed by atoms with van der Waals surface area (Å²) >= 11 is 5.87. The van der Waals surface area contributed by atoms with Gasteiger partial charge in [0.2, 0.25) is 0 Å². The van der Waals surface area contributed by atoms with Gasteiger partial charge in [-0.15, -0.1) is 0 Å². The molecule has 4 heteroatoms. The first-order valence-corrected chi connectivity index (χ1v) is 6.51. The molecule has 0 N–H and O–H groups in total. The quantitative estimate of drug-likeness (QED) is 0.825. The Bertz CT molecular complexity index is 507. The van der Waals surface area contributed by atoms with Gasteiger partial charge in [-0.2, -0.15) is 5.10 Å². The zero-order valence-electron chi connectivity index (χ0n) is 10.8. The molecule has 0 aliphatic rings. The highest BCUT2D eigenvalue weighted by Gasteiger charge is 2.07. The number of benzene rings is 1. The van der Waals surface area contributed by atoms with E-state index in [9.17, 15) is 0 Å². The first-order valence-electron chi connectivity index (χ1n) is 6.14. The number of aromatic nitrogens is 2. The molecule has 0 spiro atoms. The molecule has 1 heterocycles. The molecular weight excluding hydrogens is 246 g/mol. The third-order valence-corrected chi connectivity index (χ3v) is 3.24. The fraction of sp³-hybridized carbons (Fsp3) is 0.357. The van der Waals surface area contributed by atoms with Crippen LogP contribution in [0.3, 0.4) is 0 Å². The fourth-order valence-corrected chi connectivity index (χ4v) is 2.07. The van der Waals surface area contributed by atoms with Crippen molar-refractivity contribution in [2.24, 2.45) is 0 Å². The van der Waals surface area contributed by atoms with Crippen LogP contribution < -0.4 is 0 Å². The van der Waals surface area contributed by atoms with Gasteiger partial charge in [0, 0.05) is 12.7 Å². The van der Waals surface area contributed by atoms with Gasteiger partial charge in [0.15, 0.2) is 0 Å². The topological polar surface area (TPSA) is 21.1 Å². The molecule has 0 fully saturated rings. The van der Waals surface area contributed by atoms with Crippen LogP contribution in [0.1, 0.15) is 18.1 Å². The standard InChI is InChI=1S/C14H18ClN3/c1-3-17(11-18-10-14(15)8-16-18)9-13-7-5-4-6-12(13)2/h4-8,10H,3,9,11H2,1-2H3. The molecule has 1 aromatic heterocycles. The molecule has 0 aliphatic carbocycles. The van der Waals surface area contributed by atoms with E-state index >= 15 is 0 Å². The predicted octanol–water partition coefficient (Wildman–Crippen LogP) is 3.32. The highest BCUT2D eigenvalue weighted by atomic mass is 35.5. The Morgan fingerprint density at radius 3 is 2.72 bits per heavy atom. The normalized spacial score (nSPS) is 11.1. The van der Waals surface area contributed by atoms with Crippen molar-refractivity contribution < 1.29 is 0 Å². The number of hydrogen-bond acceptors (Lipinski definition) is 2. The number of rotatable bonds is 5. The number of aryl methyl sites for hydroxylation is 1. The van der Waals surface area contributed by atoms with E-state index in [0.29, 0.717) is 5.02 Å². The molecule has 0 bridgehead atoms. The summed E-state index contributed by atoms with van der Waals surface area (Å²) in [5, 5.41) is 4.89. The van der Waals surface area contributed by atoms with E-state index < -0.39 is 0 Å². The molecule has 96 valence electrons. The molecule has 0 amide bonds. The van der Waals surface area contributed by atoms with Gasteiger partial charge < -0.3 is 0 Å². The van der Waals surface area contributed by atoms with E-state index in [1.54, 1.807) is 6.20 Å². The van der Waals surface area contributed by atoms with E-state index in [-0.39, 0.29) is 0 Å². The van der Waals surface area contributed by atoms with Crippen LogP contribution in [0.4, 0.5) is 0 Å². The molecule has 2 aromatic rings. The van der Waals surface area contributed by atoms with Crippen molar-refractivity contribution >= 4 is 11.6 Å². The Balaban J connectivity index is 2.04. The van der Waals surface area contributed by atoms with Gasteiger partial charge in [0.05, 0.1) is 17.9 Å². The van der Waals surface area contributed by atoms with E-state index in [2.05, 4.69) is 48.1 Å². The highest BCUT2D eigenvalue weighted by molar-refractivity contribution is 6.30. The molecule has 0 saturated carbocycles. The summed E-state index contributed by atoms with van der Waals surface area (Å²) < 4.78 is 1.87. The second-order valence-electron chi connectivity index (χ2n) is 4.41. The SMILES string of the molecule is CCN(Cc1ccccc1C)Cn1cc(Cl)cn1. The Labute approximate surface area is 113 Å². The lowest BCUT2D eigenvalue weighted by molar-refractivity contribution is 0.209. The Kier molecular flexibility index (Phi) is 4.39. The van der Waals surface area contributed by atoms with E-state index in [0.717, 1.165) is 19.8 Å². The molecular formula is C14H18ClN3. The molecule has 3 nitrogen and oxygen atoms in total. The molecule has 2 rings (SSSR count). The summed E-state index contributed by atoms with van der Waals surface area (Å²) in [6, 6.07) is 8.48. The van der Waals surface area contributed by atoms with Crippen molar-refractivity contribution in [1.82, 2.24) is 14.7 Å². The minimum Gasteiger partial charge on any atom is -0.280 e. The van der Waals surface area contributed by atoms with Crippen LogP contribution in [0.15, 0.2) is 36.7 Å². The van der Waals surface area contributed by atoms with Crippen LogP contribution in [-0.4, -0.2) is 21.2 Å². The summed E-state index contributed by atoms with van der Waals surface area (Å²) in [6.07, 6.45) is 3.52. The van der Waals surface area contributed by atoms with Gasteiger partial charge in [-0.3, -0.25) is 9.58 Å². The van der Waals surface area contributed by atoms with Gasteiger partial charge >= 0.3 is 0 Å². The van der Waals surface area contributed by atoms with Gasteiger partial charge in [-0.05, 0) is 24.6 Å². The molecule has 0 radical (unpaired) electrons. The summed E-state index contributed by atoms with van der Waals surface area (Å²) in [5.74, 6) is 0. The Morgan fingerprint density at radius 2 is 2.11 bits per heavy atom. The Morgan fingerprint density at radius 1 is 1.33 bits per heavy atom. The van der Waals surface area contributed by atoms with Crippen LogP contribution in [0.25, 0.3) is 0 Å². The lowest BCUT2D eigenvalue weighted by atomic mass is 10.1. The monoisotopic (exact) mass is 263 g/mol. The second kappa shape index (κ2) is 6.03. The molecule has 0 unspecified atom stereocenters. The van der Waals surface area contributed by atoms with Crippen LogP contribution in [-0.2, 0) is 13.2 Å². The summed E-state index contributed by atoms with van der Waals surface area (Å²) in [4.78, 5) is 2.33. The van der Waals surface area contributed by atoms with E-state index in [1.165, 1.54) is 11.1 Å². The minimum atomic E-state index is 0.682. The summed E-state index contributed by atoms with van der Waals surface area (Å²) in [6.45, 7) is 6.97. The average molecular weight is 264 g/mol. The van der Waals surface area contributed by atoms with Crippen molar-refractivity contribution in [2.45, 2.75) is 27.1 Å². The number of hydrogen-bond donors (Lipinski definition) is 0. The van der Waals surface area contributed by atoms with Gasteiger partial charge in [0.1, 0.15) is 0 Å². The first kappa shape index (κ1) is 13.1. The molecule has 0 saturated heterocycles. The van der Waals surface area contributed by atoms with Crippen molar-refractivity contribution in [2.75, 3.05) is 6.54 Å². The summed E-state index contributed by atoms with van der Waals surface area (Å²) in [7, 11) is 0. The van der Waals surface area contributed by atoms with Crippen LogP contribution >= 0.6 is 11.6 Å². The molecule has 0 atom stereocenters. The van der Waals surface area contributed by atoms with Crippen molar-refractivity contribution in [1.29, 1.82) is 0 Å². The second-order valence-corrected chi connectivity index (χ2v) is 4.85. The number of halogens is 1. The maximum Gasteiger partial charge on any atom is 0.0932 e. The largest absolute Gasteiger partial charge is 0.280 e. The van der Waals surface area contributed by atoms with Crippen LogP contribution in [0.2, 0.25) is 5.02 Å². The van der Waals surface area contributed by atoms with Gasteiger partial charge in [-0.1, -0.05) is 42.8 Å². The first-order chi connectivity index (χ1) is 8.69. The molecule has 0 aliphatic heterocycles. The van der Waals surface area contributed by atoms with Crippen LogP contribution in [0.5, 0.6) is 0 Å². The highest BCUT2D eigenvalue weighted by Crippen LogP contribution is 2.12. The third-order valence-electron chi connectivity index (χ3n) is 3.05. The smallest absolute Gasteiger partial charge is 0.0932 e. The maximum atomic E-state index is 5.87. The summed E-state index contributed by atoms with van der Waals surface area (Å²) in [5.41, 5.74) is 2.69. The predicted molar refractivity (Wildman–Crippen MR) is 74.5 cm³/mol. The average Bonchev–Trinajstić information content (AvgIpc) is 2.76. The number of nitrogens with zero attached hydrogens (tertiary/aromatic N) is 3. The maximum absolute atomic E-state index is 5.87. The van der Waals surface area contributed by atoms with Crippen molar-refractivity contribution in [3.63, 3.8) is 0 Å². The van der Waals surface area contributed by atoms with Crippen molar-refractivity contribution in [3.8, 4) is 0 Å². The van der Waals surface area contributed by atoms with Crippen molar-refractivity contribution in [3.05, 3.63) is 52.8 Å². The van der Waals surface area contributed by atoms with E-state index in [1.807, 2.05) is 10.9 Å². The Hall–Kier alpha value is -1.32. The lowest BCUT2D eigenvalue weighted by Gasteiger charge is -2.21.